The molecule has 0 aromatic heterocycles. The molecule has 0 spiro atoms. The van der Waals surface area contributed by atoms with Crippen LogP contribution in [-0.4, -0.2) is 6.54 Å². The van der Waals surface area contributed by atoms with Gasteiger partial charge in [0.25, 0.3) is 0 Å². The standard InChI is InChI=1S/C14H22FN/c1-14(2,3)12-7-4-6-11(10-12)13(15)8-5-9-16/h4,6-7,10,13H,5,8-9,16H2,1-3H3. The second-order valence-electron chi connectivity index (χ2n) is 5.27. The van der Waals surface area contributed by atoms with Gasteiger partial charge < -0.3 is 5.73 Å². The molecular formula is C14H22FN. The molecule has 0 aliphatic rings. The summed E-state index contributed by atoms with van der Waals surface area (Å²) in [7, 11) is 0. The summed E-state index contributed by atoms with van der Waals surface area (Å²) in [6.07, 6.45) is 0.371. The monoisotopic (exact) mass is 223 g/mol. The summed E-state index contributed by atoms with van der Waals surface area (Å²) in [5.74, 6) is 0. The largest absolute Gasteiger partial charge is 0.330 e. The van der Waals surface area contributed by atoms with Crippen LogP contribution in [0.15, 0.2) is 24.3 Å². The van der Waals surface area contributed by atoms with E-state index in [0.717, 1.165) is 12.0 Å². The molecule has 1 aromatic carbocycles. The summed E-state index contributed by atoms with van der Waals surface area (Å²) in [6, 6.07) is 7.82. The van der Waals surface area contributed by atoms with Crippen molar-refractivity contribution in [2.45, 2.75) is 45.2 Å². The number of halogens is 1. The fraction of sp³-hybridized carbons (Fsp3) is 0.571. The van der Waals surface area contributed by atoms with E-state index < -0.39 is 6.17 Å². The quantitative estimate of drug-likeness (QED) is 0.827. The summed E-state index contributed by atoms with van der Waals surface area (Å²) in [6.45, 7) is 6.97. The molecule has 90 valence electrons. The summed E-state index contributed by atoms with van der Waals surface area (Å²) in [5.41, 5.74) is 7.42. The zero-order chi connectivity index (χ0) is 12.2. The second-order valence-corrected chi connectivity index (χ2v) is 5.27. The van der Waals surface area contributed by atoms with Gasteiger partial charge in [0.15, 0.2) is 0 Å². The van der Waals surface area contributed by atoms with Crippen LogP contribution in [0.3, 0.4) is 0 Å². The van der Waals surface area contributed by atoms with Crippen molar-refractivity contribution in [3.63, 3.8) is 0 Å². The van der Waals surface area contributed by atoms with Gasteiger partial charge in [0, 0.05) is 0 Å². The number of alkyl halides is 1. The highest BCUT2D eigenvalue weighted by Gasteiger charge is 2.16. The Labute approximate surface area is 97.9 Å². The molecule has 0 aliphatic heterocycles. The van der Waals surface area contributed by atoms with E-state index in [1.165, 1.54) is 5.56 Å². The van der Waals surface area contributed by atoms with Gasteiger partial charge in [0.1, 0.15) is 6.17 Å². The van der Waals surface area contributed by atoms with Crippen LogP contribution >= 0.6 is 0 Å². The van der Waals surface area contributed by atoms with Gasteiger partial charge in [-0.1, -0.05) is 45.0 Å². The Balaban J connectivity index is 2.82. The molecular weight excluding hydrogens is 201 g/mol. The topological polar surface area (TPSA) is 26.0 Å². The third-order valence-electron chi connectivity index (χ3n) is 2.78. The minimum atomic E-state index is -0.883. The van der Waals surface area contributed by atoms with Crippen molar-refractivity contribution < 1.29 is 4.39 Å². The normalized spacial score (nSPS) is 13.8. The van der Waals surface area contributed by atoms with Gasteiger partial charge in [-0.3, -0.25) is 0 Å². The molecule has 1 unspecified atom stereocenters. The smallest absolute Gasteiger partial charge is 0.125 e. The Hall–Kier alpha value is -0.890. The first-order valence-corrected chi connectivity index (χ1v) is 5.89. The van der Waals surface area contributed by atoms with E-state index in [1.54, 1.807) is 0 Å². The van der Waals surface area contributed by atoms with Crippen LogP contribution in [0.25, 0.3) is 0 Å². The van der Waals surface area contributed by atoms with Crippen molar-refractivity contribution in [1.29, 1.82) is 0 Å². The van der Waals surface area contributed by atoms with Crippen molar-refractivity contribution in [1.82, 2.24) is 0 Å². The maximum absolute atomic E-state index is 13.8. The fourth-order valence-corrected chi connectivity index (χ4v) is 1.66. The Morgan fingerprint density at radius 1 is 1.31 bits per heavy atom. The van der Waals surface area contributed by atoms with Crippen LogP contribution in [0.1, 0.15) is 50.9 Å². The molecule has 1 aromatic rings. The summed E-state index contributed by atoms with van der Waals surface area (Å²) < 4.78 is 13.8. The van der Waals surface area contributed by atoms with Crippen LogP contribution in [0.4, 0.5) is 4.39 Å². The first-order valence-electron chi connectivity index (χ1n) is 5.89. The third kappa shape index (κ3) is 3.60. The van der Waals surface area contributed by atoms with Crippen LogP contribution < -0.4 is 5.73 Å². The van der Waals surface area contributed by atoms with E-state index >= 15 is 0 Å². The molecule has 1 nitrogen and oxygen atoms in total. The van der Waals surface area contributed by atoms with Crippen LogP contribution in [-0.2, 0) is 5.41 Å². The molecule has 16 heavy (non-hydrogen) atoms. The molecule has 2 N–H and O–H groups in total. The highest BCUT2D eigenvalue weighted by atomic mass is 19.1. The first kappa shape index (κ1) is 13.2. The molecule has 0 saturated heterocycles. The van der Waals surface area contributed by atoms with Crippen molar-refractivity contribution in [3.8, 4) is 0 Å². The predicted octanol–water partition coefficient (Wildman–Crippen LogP) is 3.73. The predicted molar refractivity (Wildman–Crippen MR) is 67.3 cm³/mol. The second kappa shape index (κ2) is 5.44. The Bertz CT molecular complexity index is 328. The molecule has 0 amide bonds. The highest BCUT2D eigenvalue weighted by Crippen LogP contribution is 2.28. The zero-order valence-corrected chi connectivity index (χ0v) is 10.5. The number of nitrogens with two attached hydrogens (primary N) is 1. The number of hydrogen-bond donors (Lipinski definition) is 1. The van der Waals surface area contributed by atoms with Gasteiger partial charge >= 0.3 is 0 Å². The van der Waals surface area contributed by atoms with E-state index in [9.17, 15) is 4.39 Å². The van der Waals surface area contributed by atoms with Crippen molar-refractivity contribution in [2.75, 3.05) is 6.54 Å². The lowest BCUT2D eigenvalue weighted by atomic mass is 9.85. The van der Waals surface area contributed by atoms with Crippen molar-refractivity contribution in [3.05, 3.63) is 35.4 Å². The summed E-state index contributed by atoms with van der Waals surface area (Å²) in [5, 5.41) is 0. The minimum Gasteiger partial charge on any atom is -0.330 e. The fourth-order valence-electron chi connectivity index (χ4n) is 1.66. The maximum Gasteiger partial charge on any atom is 0.125 e. The lowest BCUT2D eigenvalue weighted by Crippen LogP contribution is -2.11. The van der Waals surface area contributed by atoms with E-state index in [4.69, 9.17) is 5.73 Å². The number of hydrogen-bond acceptors (Lipinski definition) is 1. The van der Waals surface area contributed by atoms with Gasteiger partial charge in [-0.05, 0) is 35.9 Å². The minimum absolute atomic E-state index is 0.0730. The Morgan fingerprint density at radius 3 is 2.56 bits per heavy atom. The molecule has 0 saturated carbocycles. The molecule has 0 radical (unpaired) electrons. The molecule has 0 fully saturated rings. The van der Waals surface area contributed by atoms with Gasteiger partial charge in [0.05, 0.1) is 0 Å². The molecule has 0 heterocycles. The lowest BCUT2D eigenvalue weighted by Gasteiger charge is -2.20. The average Bonchev–Trinajstić information content (AvgIpc) is 2.25. The van der Waals surface area contributed by atoms with E-state index in [0.29, 0.717) is 13.0 Å². The Kier molecular flexibility index (Phi) is 4.48. The number of benzene rings is 1. The lowest BCUT2D eigenvalue weighted by molar-refractivity contribution is 0.318. The van der Waals surface area contributed by atoms with E-state index in [1.807, 2.05) is 18.2 Å². The van der Waals surface area contributed by atoms with E-state index in [-0.39, 0.29) is 5.41 Å². The van der Waals surface area contributed by atoms with Crippen LogP contribution in [0.5, 0.6) is 0 Å². The summed E-state index contributed by atoms with van der Waals surface area (Å²) in [4.78, 5) is 0. The third-order valence-corrected chi connectivity index (χ3v) is 2.78. The summed E-state index contributed by atoms with van der Waals surface area (Å²) >= 11 is 0. The number of rotatable bonds is 4. The van der Waals surface area contributed by atoms with Crippen molar-refractivity contribution in [2.24, 2.45) is 5.73 Å². The van der Waals surface area contributed by atoms with Crippen LogP contribution in [0.2, 0.25) is 0 Å². The van der Waals surface area contributed by atoms with Gasteiger partial charge in [0.2, 0.25) is 0 Å². The Morgan fingerprint density at radius 2 is 2.00 bits per heavy atom. The van der Waals surface area contributed by atoms with Gasteiger partial charge in [-0.25, -0.2) is 4.39 Å². The molecule has 0 bridgehead atoms. The van der Waals surface area contributed by atoms with Gasteiger partial charge in [-0.15, -0.1) is 0 Å². The highest BCUT2D eigenvalue weighted by molar-refractivity contribution is 5.29. The SMILES string of the molecule is CC(C)(C)c1cccc(C(F)CCCN)c1. The first-order chi connectivity index (χ1) is 7.45. The van der Waals surface area contributed by atoms with Crippen LogP contribution in [0, 0.1) is 0 Å². The van der Waals surface area contributed by atoms with Gasteiger partial charge in [-0.2, -0.15) is 0 Å². The molecule has 1 atom stereocenters. The maximum atomic E-state index is 13.8. The molecule has 0 aliphatic carbocycles. The molecule has 1 rings (SSSR count). The van der Waals surface area contributed by atoms with Crippen molar-refractivity contribution >= 4 is 0 Å². The molecule has 2 heteroatoms. The van der Waals surface area contributed by atoms with E-state index in [2.05, 4.69) is 26.8 Å². The zero-order valence-electron chi connectivity index (χ0n) is 10.5. The average molecular weight is 223 g/mol.